The molecule has 0 saturated carbocycles. The van der Waals surface area contributed by atoms with Crippen molar-refractivity contribution in [2.24, 2.45) is 0 Å². The van der Waals surface area contributed by atoms with Crippen LogP contribution in [0.4, 0.5) is 0 Å². The van der Waals surface area contributed by atoms with Crippen LogP contribution in [0, 0.1) is 18.3 Å². The van der Waals surface area contributed by atoms with Gasteiger partial charge in [-0.1, -0.05) is 36.4 Å². The van der Waals surface area contributed by atoms with Gasteiger partial charge in [0.15, 0.2) is 0 Å². The average molecular weight is 344 g/mol. The number of aryl methyl sites for hydroxylation is 1. The molecule has 24 heavy (non-hydrogen) atoms. The van der Waals surface area contributed by atoms with E-state index in [1.54, 1.807) is 19.1 Å². The average Bonchev–Trinajstić information content (AvgIpc) is 2.60. The van der Waals surface area contributed by atoms with Crippen LogP contribution in [-0.4, -0.2) is 31.5 Å². The number of nitrogens with zero attached hydrogens (tertiary/aromatic N) is 2. The Kier molecular flexibility index (Phi) is 5.73. The molecule has 0 aliphatic rings. The van der Waals surface area contributed by atoms with Crippen molar-refractivity contribution in [3.05, 3.63) is 65.2 Å². The van der Waals surface area contributed by atoms with Crippen molar-refractivity contribution in [1.29, 1.82) is 5.26 Å². The Morgan fingerprint density at radius 2 is 1.88 bits per heavy atom. The highest BCUT2D eigenvalue weighted by atomic mass is 32.2. The van der Waals surface area contributed by atoms with Crippen molar-refractivity contribution in [3.63, 3.8) is 0 Å². The Hall–Kier alpha value is -2.20. The summed E-state index contributed by atoms with van der Waals surface area (Å²) in [5.41, 5.74) is 1.69. The summed E-state index contributed by atoms with van der Waals surface area (Å²) < 4.78 is 27.4. The van der Waals surface area contributed by atoms with Crippen molar-refractivity contribution in [1.82, 2.24) is 4.31 Å². The summed E-state index contributed by atoms with van der Waals surface area (Å²) in [6.45, 7) is 1.57. The van der Waals surface area contributed by atoms with Gasteiger partial charge in [-0.25, -0.2) is 8.42 Å². The van der Waals surface area contributed by atoms with Crippen molar-refractivity contribution >= 4 is 10.0 Å². The molecule has 0 spiro atoms. The Balaban J connectivity index is 2.49. The van der Waals surface area contributed by atoms with Gasteiger partial charge in [-0.2, -0.15) is 9.57 Å². The van der Waals surface area contributed by atoms with Gasteiger partial charge in [0.2, 0.25) is 10.0 Å². The number of nitriles is 1. The molecule has 2 rings (SSSR count). The van der Waals surface area contributed by atoms with Crippen molar-refractivity contribution < 1.29 is 13.5 Å². The first-order valence-corrected chi connectivity index (χ1v) is 9.00. The maximum atomic E-state index is 13.0. The SMILES string of the molecule is Cc1ccc(C#N)cc1S(=O)(=O)N(C)[C@H](CCO)c1ccccc1. The van der Waals surface area contributed by atoms with Crippen LogP contribution < -0.4 is 0 Å². The van der Waals surface area contributed by atoms with Crippen LogP contribution in [0.15, 0.2) is 53.4 Å². The van der Waals surface area contributed by atoms with E-state index in [9.17, 15) is 13.5 Å². The van der Waals surface area contributed by atoms with Gasteiger partial charge in [0.05, 0.1) is 22.6 Å². The van der Waals surface area contributed by atoms with Crippen molar-refractivity contribution in [3.8, 4) is 6.07 Å². The molecule has 0 saturated heterocycles. The molecule has 126 valence electrons. The van der Waals surface area contributed by atoms with Gasteiger partial charge in [0.1, 0.15) is 0 Å². The molecule has 2 aromatic carbocycles. The van der Waals surface area contributed by atoms with Gasteiger partial charge < -0.3 is 5.11 Å². The Labute approximate surface area is 142 Å². The minimum absolute atomic E-state index is 0.114. The van der Waals surface area contributed by atoms with Crippen molar-refractivity contribution in [2.75, 3.05) is 13.7 Å². The Bertz CT molecular complexity index is 842. The zero-order valence-electron chi connectivity index (χ0n) is 13.7. The maximum Gasteiger partial charge on any atom is 0.243 e. The first kappa shape index (κ1) is 18.1. The number of hydrogen-bond donors (Lipinski definition) is 1. The molecule has 6 heteroatoms. The lowest BCUT2D eigenvalue weighted by atomic mass is 10.0. The van der Waals surface area contributed by atoms with E-state index in [0.29, 0.717) is 11.1 Å². The monoisotopic (exact) mass is 344 g/mol. The zero-order chi connectivity index (χ0) is 17.7. The standard InChI is InChI=1S/C18H20N2O3S/c1-14-8-9-15(13-19)12-18(14)24(22,23)20(2)17(10-11-21)16-6-4-3-5-7-16/h3-9,12,17,21H,10-11H2,1-2H3/t17-/m1/s1. The van der Waals surface area contributed by atoms with E-state index in [4.69, 9.17) is 5.26 Å². The van der Waals surface area contributed by atoms with E-state index in [0.717, 1.165) is 5.56 Å². The topological polar surface area (TPSA) is 81.4 Å². The highest BCUT2D eigenvalue weighted by Crippen LogP contribution is 2.30. The summed E-state index contributed by atoms with van der Waals surface area (Å²) in [7, 11) is -2.30. The van der Waals surface area contributed by atoms with Gasteiger partial charge in [-0.05, 0) is 36.6 Å². The number of aliphatic hydroxyl groups excluding tert-OH is 1. The number of rotatable bonds is 6. The molecular formula is C18H20N2O3S. The molecule has 1 N–H and O–H groups in total. The van der Waals surface area contributed by atoms with Gasteiger partial charge >= 0.3 is 0 Å². The van der Waals surface area contributed by atoms with E-state index in [1.165, 1.54) is 17.4 Å². The predicted molar refractivity (Wildman–Crippen MR) is 91.7 cm³/mol. The quantitative estimate of drug-likeness (QED) is 0.873. The summed E-state index contributed by atoms with van der Waals surface area (Å²) in [4.78, 5) is 0.114. The van der Waals surface area contributed by atoms with E-state index in [-0.39, 0.29) is 17.9 Å². The fraction of sp³-hybridized carbons (Fsp3) is 0.278. The number of hydrogen-bond acceptors (Lipinski definition) is 4. The first-order valence-electron chi connectivity index (χ1n) is 7.56. The molecule has 5 nitrogen and oxygen atoms in total. The predicted octanol–water partition coefficient (Wildman–Crippen LogP) is 2.61. The lowest BCUT2D eigenvalue weighted by Gasteiger charge is -2.28. The molecule has 0 amide bonds. The number of sulfonamides is 1. The molecule has 0 aliphatic carbocycles. The fourth-order valence-electron chi connectivity index (χ4n) is 2.63. The minimum Gasteiger partial charge on any atom is -0.396 e. The summed E-state index contributed by atoms with van der Waals surface area (Å²) in [5.74, 6) is 0. The van der Waals surface area contributed by atoms with Gasteiger partial charge in [0, 0.05) is 13.7 Å². The second kappa shape index (κ2) is 7.58. The highest BCUT2D eigenvalue weighted by molar-refractivity contribution is 7.89. The van der Waals surface area contributed by atoms with Crippen LogP contribution in [0.25, 0.3) is 0 Å². The number of aliphatic hydroxyl groups is 1. The summed E-state index contributed by atoms with van der Waals surface area (Å²) in [6.07, 6.45) is 0.288. The third-order valence-electron chi connectivity index (χ3n) is 4.00. The van der Waals surface area contributed by atoms with Gasteiger partial charge in [-0.3, -0.25) is 0 Å². The summed E-state index contributed by atoms with van der Waals surface area (Å²) >= 11 is 0. The van der Waals surface area contributed by atoms with Crippen LogP contribution in [0.5, 0.6) is 0 Å². The van der Waals surface area contributed by atoms with Crippen LogP contribution >= 0.6 is 0 Å². The molecule has 0 fully saturated rings. The molecule has 0 aromatic heterocycles. The molecule has 0 aliphatic heterocycles. The van der Waals surface area contributed by atoms with Gasteiger partial charge in [-0.15, -0.1) is 0 Å². The smallest absolute Gasteiger partial charge is 0.243 e. The zero-order valence-corrected chi connectivity index (χ0v) is 14.5. The lowest BCUT2D eigenvalue weighted by Crippen LogP contribution is -2.32. The van der Waals surface area contributed by atoms with E-state index in [2.05, 4.69) is 0 Å². The Morgan fingerprint density at radius 1 is 1.21 bits per heavy atom. The molecule has 0 bridgehead atoms. The summed E-state index contributed by atoms with van der Waals surface area (Å²) in [5, 5.41) is 18.4. The van der Waals surface area contributed by atoms with Crippen LogP contribution in [-0.2, 0) is 10.0 Å². The van der Waals surface area contributed by atoms with Crippen LogP contribution in [0.2, 0.25) is 0 Å². The molecule has 0 heterocycles. The van der Waals surface area contributed by atoms with Crippen LogP contribution in [0.3, 0.4) is 0 Å². The molecular weight excluding hydrogens is 324 g/mol. The molecule has 0 unspecified atom stereocenters. The molecule has 0 radical (unpaired) electrons. The van der Waals surface area contributed by atoms with Crippen molar-refractivity contribution in [2.45, 2.75) is 24.3 Å². The maximum absolute atomic E-state index is 13.0. The first-order chi connectivity index (χ1) is 11.4. The van der Waals surface area contributed by atoms with Crippen LogP contribution in [0.1, 0.15) is 29.2 Å². The third kappa shape index (κ3) is 3.65. The van der Waals surface area contributed by atoms with E-state index < -0.39 is 16.1 Å². The molecule has 1 atom stereocenters. The third-order valence-corrected chi connectivity index (χ3v) is 6.01. The molecule has 2 aromatic rings. The lowest BCUT2D eigenvalue weighted by molar-refractivity contribution is 0.240. The van der Waals surface area contributed by atoms with E-state index >= 15 is 0 Å². The number of benzene rings is 2. The van der Waals surface area contributed by atoms with E-state index in [1.807, 2.05) is 36.4 Å². The Morgan fingerprint density at radius 3 is 2.46 bits per heavy atom. The normalized spacial score (nSPS) is 12.8. The summed E-state index contributed by atoms with van der Waals surface area (Å²) in [6, 6.07) is 15.3. The minimum atomic E-state index is -3.80. The second-order valence-electron chi connectivity index (χ2n) is 5.55. The highest BCUT2D eigenvalue weighted by Gasteiger charge is 2.30. The fourth-order valence-corrected chi connectivity index (χ4v) is 4.25. The van der Waals surface area contributed by atoms with Gasteiger partial charge in [0.25, 0.3) is 0 Å². The second-order valence-corrected chi connectivity index (χ2v) is 7.52. The largest absolute Gasteiger partial charge is 0.396 e.